The molecule has 0 unspecified atom stereocenters. The summed E-state index contributed by atoms with van der Waals surface area (Å²) in [6, 6.07) is 4.87. The molecule has 2 N–H and O–H groups in total. The number of hydrogen-bond acceptors (Lipinski definition) is 4. The molecule has 0 aliphatic rings. The molecule has 0 aliphatic heterocycles. The van der Waals surface area contributed by atoms with Gasteiger partial charge in [0.25, 0.3) is 5.91 Å². The van der Waals surface area contributed by atoms with E-state index in [1.165, 1.54) is 17.4 Å². The van der Waals surface area contributed by atoms with Gasteiger partial charge < -0.3 is 5.11 Å². The highest BCUT2D eigenvalue weighted by Gasteiger charge is 2.13. The Morgan fingerprint density at radius 2 is 2.29 bits per heavy atom. The molecule has 0 saturated carbocycles. The number of thiazole rings is 1. The molecule has 0 fully saturated rings. The molecule has 2 aromatic rings. The van der Waals surface area contributed by atoms with Gasteiger partial charge in [-0.3, -0.25) is 10.1 Å². The summed E-state index contributed by atoms with van der Waals surface area (Å²) >= 11 is 3.48. The molecule has 4 nitrogen and oxygen atoms in total. The normalized spacial score (nSPS) is 10.2. The first kappa shape index (κ1) is 12.3. The zero-order valence-electron chi connectivity index (χ0n) is 8.90. The standard InChI is InChI=1S/C11H9IN2O2S/c1-6-5-13-11(17-6)14-10(16)8-4-7(12)2-3-9(8)15/h2-5,15H,1H3,(H,13,14,16). The van der Waals surface area contributed by atoms with Crippen molar-refractivity contribution < 1.29 is 9.90 Å². The van der Waals surface area contributed by atoms with Gasteiger partial charge in [0, 0.05) is 14.6 Å². The number of aryl methyl sites for hydroxylation is 1. The van der Waals surface area contributed by atoms with Crippen LogP contribution in [0.5, 0.6) is 5.75 Å². The van der Waals surface area contributed by atoms with E-state index in [0.717, 1.165) is 8.45 Å². The molecule has 0 spiro atoms. The third-order valence-electron chi connectivity index (χ3n) is 2.04. The number of phenols is 1. The summed E-state index contributed by atoms with van der Waals surface area (Å²) in [7, 11) is 0. The molecule has 1 aromatic heterocycles. The average Bonchev–Trinajstić information content (AvgIpc) is 2.67. The van der Waals surface area contributed by atoms with Gasteiger partial charge >= 0.3 is 0 Å². The SMILES string of the molecule is Cc1cnc(NC(=O)c2cc(I)ccc2O)s1. The van der Waals surface area contributed by atoms with Crippen molar-refractivity contribution in [2.75, 3.05) is 5.32 Å². The quantitative estimate of drug-likeness (QED) is 0.810. The molecule has 0 radical (unpaired) electrons. The first-order valence-electron chi connectivity index (χ1n) is 4.78. The van der Waals surface area contributed by atoms with Crippen LogP contribution in [0.4, 0.5) is 5.13 Å². The molecular formula is C11H9IN2O2S. The fourth-order valence-electron chi connectivity index (χ4n) is 1.27. The molecule has 1 amide bonds. The van der Waals surface area contributed by atoms with Gasteiger partial charge in [0.15, 0.2) is 5.13 Å². The van der Waals surface area contributed by atoms with Gasteiger partial charge in [-0.2, -0.15) is 0 Å². The summed E-state index contributed by atoms with van der Waals surface area (Å²) in [5.74, 6) is -0.383. The predicted octanol–water partition coefficient (Wildman–Crippen LogP) is 3.01. The minimum Gasteiger partial charge on any atom is -0.507 e. The number of carbonyl (C=O) groups is 1. The molecule has 88 valence electrons. The van der Waals surface area contributed by atoms with E-state index < -0.39 is 0 Å². The molecule has 0 aliphatic carbocycles. The maximum atomic E-state index is 11.9. The summed E-state index contributed by atoms with van der Waals surface area (Å²) in [6.45, 7) is 1.91. The van der Waals surface area contributed by atoms with Crippen molar-refractivity contribution >= 4 is 45.0 Å². The highest BCUT2D eigenvalue weighted by atomic mass is 127. The van der Waals surface area contributed by atoms with Crippen LogP contribution in [-0.4, -0.2) is 16.0 Å². The number of carbonyl (C=O) groups excluding carboxylic acids is 1. The lowest BCUT2D eigenvalue weighted by molar-refractivity contribution is 0.102. The molecule has 1 heterocycles. The highest BCUT2D eigenvalue weighted by Crippen LogP contribution is 2.22. The van der Waals surface area contributed by atoms with Crippen LogP contribution in [0.2, 0.25) is 0 Å². The van der Waals surface area contributed by atoms with Crippen LogP contribution in [0.15, 0.2) is 24.4 Å². The van der Waals surface area contributed by atoms with Gasteiger partial charge in [0.2, 0.25) is 0 Å². The summed E-state index contributed by atoms with van der Waals surface area (Å²) in [6.07, 6.45) is 1.69. The zero-order chi connectivity index (χ0) is 12.4. The van der Waals surface area contributed by atoms with Gasteiger partial charge in [-0.05, 0) is 47.7 Å². The van der Waals surface area contributed by atoms with E-state index in [1.54, 1.807) is 18.3 Å². The van der Waals surface area contributed by atoms with Crippen molar-refractivity contribution in [3.63, 3.8) is 0 Å². The van der Waals surface area contributed by atoms with Gasteiger partial charge in [0.1, 0.15) is 5.75 Å². The number of nitrogens with zero attached hydrogens (tertiary/aromatic N) is 1. The number of aromatic hydroxyl groups is 1. The van der Waals surface area contributed by atoms with Crippen molar-refractivity contribution in [2.24, 2.45) is 0 Å². The Kier molecular flexibility index (Phi) is 3.63. The Morgan fingerprint density at radius 1 is 1.53 bits per heavy atom. The van der Waals surface area contributed by atoms with E-state index in [0.29, 0.717) is 5.13 Å². The van der Waals surface area contributed by atoms with E-state index in [2.05, 4.69) is 32.9 Å². The number of hydrogen-bond donors (Lipinski definition) is 2. The number of rotatable bonds is 2. The minimum absolute atomic E-state index is 0.0313. The van der Waals surface area contributed by atoms with Crippen LogP contribution in [0.3, 0.4) is 0 Å². The largest absolute Gasteiger partial charge is 0.507 e. The van der Waals surface area contributed by atoms with Gasteiger partial charge in [-0.15, -0.1) is 11.3 Å². The van der Waals surface area contributed by atoms with Crippen LogP contribution in [0.1, 0.15) is 15.2 Å². The molecule has 2 rings (SSSR count). The Hall–Kier alpha value is -1.15. The Bertz CT molecular complexity index is 568. The highest BCUT2D eigenvalue weighted by molar-refractivity contribution is 14.1. The van der Waals surface area contributed by atoms with Crippen molar-refractivity contribution in [1.29, 1.82) is 0 Å². The van der Waals surface area contributed by atoms with Crippen LogP contribution in [-0.2, 0) is 0 Å². The van der Waals surface area contributed by atoms with E-state index in [-0.39, 0.29) is 17.2 Å². The Labute approximate surface area is 116 Å². The monoisotopic (exact) mass is 360 g/mol. The summed E-state index contributed by atoms with van der Waals surface area (Å²) in [4.78, 5) is 16.9. The Balaban J connectivity index is 2.22. The third-order valence-corrected chi connectivity index (χ3v) is 3.54. The molecule has 17 heavy (non-hydrogen) atoms. The molecule has 1 aromatic carbocycles. The van der Waals surface area contributed by atoms with Crippen LogP contribution in [0, 0.1) is 10.5 Å². The van der Waals surface area contributed by atoms with Gasteiger partial charge in [-0.1, -0.05) is 0 Å². The number of anilines is 1. The Morgan fingerprint density at radius 3 is 2.94 bits per heavy atom. The summed E-state index contributed by atoms with van der Waals surface area (Å²) < 4.78 is 0.890. The van der Waals surface area contributed by atoms with Crippen LogP contribution < -0.4 is 5.32 Å². The number of nitrogens with one attached hydrogen (secondary N) is 1. The number of phenolic OH excluding ortho intramolecular Hbond substituents is 1. The summed E-state index contributed by atoms with van der Waals surface area (Å²) in [5, 5.41) is 12.8. The predicted molar refractivity (Wildman–Crippen MR) is 75.6 cm³/mol. The minimum atomic E-state index is -0.352. The molecule has 0 bridgehead atoms. The van der Waals surface area contributed by atoms with Gasteiger partial charge in [0.05, 0.1) is 5.56 Å². The average molecular weight is 360 g/mol. The first-order valence-corrected chi connectivity index (χ1v) is 6.68. The lowest BCUT2D eigenvalue weighted by Crippen LogP contribution is -2.12. The van der Waals surface area contributed by atoms with Crippen molar-refractivity contribution in [2.45, 2.75) is 6.92 Å². The number of aromatic nitrogens is 1. The lowest BCUT2D eigenvalue weighted by atomic mass is 10.2. The fraction of sp³-hybridized carbons (Fsp3) is 0.0909. The van der Waals surface area contributed by atoms with Crippen LogP contribution >= 0.6 is 33.9 Å². The number of halogens is 1. The second-order valence-corrected chi connectivity index (χ2v) is 5.87. The lowest BCUT2D eigenvalue weighted by Gasteiger charge is -2.04. The van der Waals surface area contributed by atoms with E-state index in [1.807, 2.05) is 6.92 Å². The molecule has 0 atom stereocenters. The van der Waals surface area contributed by atoms with Crippen molar-refractivity contribution in [3.8, 4) is 5.75 Å². The van der Waals surface area contributed by atoms with Gasteiger partial charge in [-0.25, -0.2) is 4.98 Å². The van der Waals surface area contributed by atoms with E-state index in [9.17, 15) is 9.90 Å². The molecular weight excluding hydrogens is 351 g/mol. The van der Waals surface area contributed by atoms with E-state index >= 15 is 0 Å². The maximum absolute atomic E-state index is 11.9. The topological polar surface area (TPSA) is 62.2 Å². The van der Waals surface area contributed by atoms with Crippen molar-refractivity contribution in [1.82, 2.24) is 4.98 Å². The number of benzene rings is 1. The summed E-state index contributed by atoms with van der Waals surface area (Å²) in [5.41, 5.74) is 0.254. The van der Waals surface area contributed by atoms with E-state index in [4.69, 9.17) is 0 Å². The zero-order valence-corrected chi connectivity index (χ0v) is 11.9. The first-order chi connectivity index (χ1) is 8.06. The smallest absolute Gasteiger partial charge is 0.261 e. The second-order valence-electron chi connectivity index (χ2n) is 3.39. The van der Waals surface area contributed by atoms with Crippen molar-refractivity contribution in [3.05, 3.63) is 38.4 Å². The fourth-order valence-corrected chi connectivity index (χ4v) is 2.42. The van der Waals surface area contributed by atoms with Crippen LogP contribution in [0.25, 0.3) is 0 Å². The maximum Gasteiger partial charge on any atom is 0.261 e. The second kappa shape index (κ2) is 5.01. The molecule has 0 saturated heterocycles. The number of amides is 1. The molecule has 6 heteroatoms. The third kappa shape index (κ3) is 2.95.